The molecule has 1 aliphatic rings. The van der Waals surface area contributed by atoms with E-state index in [1.165, 1.54) is 11.3 Å². The smallest absolute Gasteiger partial charge is 0.186 e. The van der Waals surface area contributed by atoms with Crippen molar-refractivity contribution < 1.29 is 14.3 Å². The predicted molar refractivity (Wildman–Crippen MR) is 86.3 cm³/mol. The van der Waals surface area contributed by atoms with E-state index in [4.69, 9.17) is 9.47 Å². The highest BCUT2D eigenvalue weighted by molar-refractivity contribution is 7.17. The second kappa shape index (κ2) is 6.89. The highest BCUT2D eigenvalue weighted by Gasteiger charge is 2.18. The molecule has 0 bridgehead atoms. The Morgan fingerprint density at radius 1 is 1.32 bits per heavy atom. The first kappa shape index (κ1) is 15.0. The number of carbonyl (C=O) groups excluding carboxylic acids is 1. The molecule has 5 nitrogen and oxygen atoms in total. The number of anilines is 1. The lowest BCUT2D eigenvalue weighted by Crippen LogP contribution is -2.36. The molecule has 2 heterocycles. The standard InChI is InChI=1S/C16H18N2O3S/c1-20-13-4-2-12(3-5-13)10-14-15(11-19)22-16(17-14)18-6-8-21-9-7-18/h2-5,11H,6-10H2,1H3. The third-order valence-corrected chi connectivity index (χ3v) is 4.72. The number of nitrogens with zero attached hydrogens (tertiary/aromatic N) is 2. The van der Waals surface area contributed by atoms with Crippen LogP contribution in [0, 0.1) is 0 Å². The van der Waals surface area contributed by atoms with Crippen molar-refractivity contribution in [3.63, 3.8) is 0 Å². The Balaban J connectivity index is 1.79. The third kappa shape index (κ3) is 3.28. The third-order valence-electron chi connectivity index (χ3n) is 3.64. The van der Waals surface area contributed by atoms with Crippen molar-refractivity contribution in [3.8, 4) is 5.75 Å². The fourth-order valence-corrected chi connectivity index (χ4v) is 3.34. The molecule has 0 spiro atoms. The van der Waals surface area contributed by atoms with Gasteiger partial charge in [0.25, 0.3) is 0 Å². The lowest BCUT2D eigenvalue weighted by atomic mass is 10.1. The van der Waals surface area contributed by atoms with E-state index in [1.807, 2.05) is 24.3 Å². The van der Waals surface area contributed by atoms with Crippen LogP contribution in [-0.4, -0.2) is 44.7 Å². The number of thiazole rings is 1. The molecule has 0 unspecified atom stereocenters. The van der Waals surface area contributed by atoms with Crippen molar-refractivity contribution in [1.82, 2.24) is 4.98 Å². The maximum Gasteiger partial charge on any atom is 0.186 e. The summed E-state index contributed by atoms with van der Waals surface area (Å²) in [5.74, 6) is 0.826. The van der Waals surface area contributed by atoms with Crippen molar-refractivity contribution in [3.05, 3.63) is 40.4 Å². The van der Waals surface area contributed by atoms with Gasteiger partial charge in [0, 0.05) is 19.5 Å². The van der Waals surface area contributed by atoms with Gasteiger partial charge < -0.3 is 14.4 Å². The first-order chi connectivity index (χ1) is 10.8. The van der Waals surface area contributed by atoms with Crippen LogP contribution in [0.25, 0.3) is 0 Å². The van der Waals surface area contributed by atoms with Gasteiger partial charge in [0.1, 0.15) is 5.75 Å². The Morgan fingerprint density at radius 3 is 2.68 bits per heavy atom. The number of morpholine rings is 1. The summed E-state index contributed by atoms with van der Waals surface area (Å²) in [5, 5.41) is 0.911. The van der Waals surface area contributed by atoms with Crippen LogP contribution in [0.1, 0.15) is 20.9 Å². The molecule has 0 radical (unpaired) electrons. The van der Waals surface area contributed by atoms with E-state index in [1.54, 1.807) is 7.11 Å². The summed E-state index contributed by atoms with van der Waals surface area (Å²) >= 11 is 1.46. The van der Waals surface area contributed by atoms with Crippen LogP contribution in [0.4, 0.5) is 5.13 Å². The average Bonchev–Trinajstić information content (AvgIpc) is 2.99. The number of ether oxygens (including phenoxy) is 2. The molecule has 1 aliphatic heterocycles. The molecular weight excluding hydrogens is 300 g/mol. The quantitative estimate of drug-likeness (QED) is 0.792. The number of rotatable bonds is 5. The molecule has 6 heteroatoms. The summed E-state index contributed by atoms with van der Waals surface area (Å²) in [6.07, 6.45) is 1.55. The van der Waals surface area contributed by atoms with E-state index in [0.717, 1.165) is 41.5 Å². The maximum atomic E-state index is 11.3. The van der Waals surface area contributed by atoms with Crippen molar-refractivity contribution in [2.45, 2.75) is 6.42 Å². The summed E-state index contributed by atoms with van der Waals surface area (Å²) in [7, 11) is 1.65. The van der Waals surface area contributed by atoms with E-state index in [9.17, 15) is 4.79 Å². The molecule has 0 atom stereocenters. The molecule has 1 aromatic carbocycles. The molecular formula is C16H18N2O3S. The van der Waals surface area contributed by atoms with Crippen LogP contribution in [0.2, 0.25) is 0 Å². The van der Waals surface area contributed by atoms with Crippen LogP contribution >= 0.6 is 11.3 Å². The number of aromatic nitrogens is 1. The largest absolute Gasteiger partial charge is 0.497 e. The maximum absolute atomic E-state index is 11.3. The Bertz CT molecular complexity index is 633. The number of hydrogen-bond donors (Lipinski definition) is 0. The molecule has 22 heavy (non-hydrogen) atoms. The second-order valence-electron chi connectivity index (χ2n) is 5.05. The Kier molecular flexibility index (Phi) is 4.70. The van der Waals surface area contributed by atoms with Gasteiger partial charge in [-0.2, -0.15) is 0 Å². The van der Waals surface area contributed by atoms with Gasteiger partial charge in [0.15, 0.2) is 11.4 Å². The molecule has 2 aromatic rings. The van der Waals surface area contributed by atoms with Crippen LogP contribution in [-0.2, 0) is 11.2 Å². The first-order valence-electron chi connectivity index (χ1n) is 7.20. The number of benzene rings is 1. The number of hydrogen-bond acceptors (Lipinski definition) is 6. The van der Waals surface area contributed by atoms with E-state index in [2.05, 4.69) is 9.88 Å². The summed E-state index contributed by atoms with van der Waals surface area (Å²) in [6.45, 7) is 3.08. The second-order valence-corrected chi connectivity index (χ2v) is 6.06. The van der Waals surface area contributed by atoms with Crippen molar-refractivity contribution in [1.29, 1.82) is 0 Å². The summed E-state index contributed by atoms with van der Waals surface area (Å²) < 4.78 is 10.5. The Hall–Kier alpha value is -1.92. The van der Waals surface area contributed by atoms with Crippen LogP contribution in [0.3, 0.4) is 0 Å². The predicted octanol–water partition coefficient (Wildman–Crippen LogP) is 2.39. The van der Waals surface area contributed by atoms with E-state index < -0.39 is 0 Å². The topological polar surface area (TPSA) is 51.7 Å². The minimum Gasteiger partial charge on any atom is -0.497 e. The summed E-state index contributed by atoms with van der Waals surface area (Å²) in [4.78, 5) is 18.9. The molecule has 1 saturated heterocycles. The number of methoxy groups -OCH3 is 1. The van der Waals surface area contributed by atoms with Crippen molar-refractivity contribution in [2.24, 2.45) is 0 Å². The van der Waals surface area contributed by atoms with E-state index in [0.29, 0.717) is 24.5 Å². The zero-order chi connectivity index (χ0) is 15.4. The molecule has 3 rings (SSSR count). The van der Waals surface area contributed by atoms with Crippen molar-refractivity contribution >= 4 is 22.8 Å². The van der Waals surface area contributed by atoms with Crippen LogP contribution < -0.4 is 9.64 Å². The molecule has 1 aromatic heterocycles. The average molecular weight is 318 g/mol. The molecule has 0 saturated carbocycles. The van der Waals surface area contributed by atoms with E-state index in [-0.39, 0.29) is 0 Å². The zero-order valence-electron chi connectivity index (χ0n) is 12.4. The lowest BCUT2D eigenvalue weighted by molar-refractivity contribution is 0.112. The van der Waals surface area contributed by atoms with Gasteiger partial charge >= 0.3 is 0 Å². The molecule has 0 N–H and O–H groups in total. The van der Waals surface area contributed by atoms with Gasteiger partial charge in [0.05, 0.1) is 30.9 Å². The minimum absolute atomic E-state index is 0.652. The molecule has 116 valence electrons. The van der Waals surface area contributed by atoms with Gasteiger partial charge in [-0.1, -0.05) is 23.5 Å². The SMILES string of the molecule is COc1ccc(Cc2nc(N3CCOCC3)sc2C=O)cc1. The zero-order valence-corrected chi connectivity index (χ0v) is 13.3. The first-order valence-corrected chi connectivity index (χ1v) is 8.02. The Labute approximate surface area is 133 Å². The van der Waals surface area contributed by atoms with Crippen LogP contribution in [0.15, 0.2) is 24.3 Å². The van der Waals surface area contributed by atoms with Gasteiger partial charge in [-0.25, -0.2) is 4.98 Å². The monoisotopic (exact) mass is 318 g/mol. The molecule has 1 fully saturated rings. The van der Waals surface area contributed by atoms with Gasteiger partial charge in [0.2, 0.25) is 0 Å². The minimum atomic E-state index is 0.652. The highest BCUT2D eigenvalue weighted by atomic mass is 32.1. The van der Waals surface area contributed by atoms with Gasteiger partial charge in [-0.3, -0.25) is 4.79 Å². The lowest BCUT2D eigenvalue weighted by Gasteiger charge is -2.26. The molecule has 0 aliphatic carbocycles. The molecule has 0 amide bonds. The highest BCUT2D eigenvalue weighted by Crippen LogP contribution is 2.27. The number of carbonyl (C=O) groups is 1. The Morgan fingerprint density at radius 2 is 2.05 bits per heavy atom. The van der Waals surface area contributed by atoms with E-state index >= 15 is 0 Å². The van der Waals surface area contributed by atoms with Crippen LogP contribution in [0.5, 0.6) is 5.75 Å². The fourth-order valence-electron chi connectivity index (χ4n) is 2.40. The van der Waals surface area contributed by atoms with Crippen molar-refractivity contribution in [2.75, 3.05) is 38.3 Å². The summed E-state index contributed by atoms with van der Waals surface area (Å²) in [6, 6.07) is 7.85. The van der Waals surface area contributed by atoms with Gasteiger partial charge in [-0.05, 0) is 17.7 Å². The number of aldehydes is 1. The van der Waals surface area contributed by atoms with Gasteiger partial charge in [-0.15, -0.1) is 0 Å². The summed E-state index contributed by atoms with van der Waals surface area (Å²) in [5.41, 5.74) is 1.95. The fraction of sp³-hybridized carbons (Fsp3) is 0.375. The normalized spacial score (nSPS) is 14.9.